The van der Waals surface area contributed by atoms with E-state index in [1.165, 1.54) is 23.5 Å². The number of hydrogen-bond donors (Lipinski definition) is 1. The van der Waals surface area contributed by atoms with Crippen LogP contribution in [0, 0.1) is 6.92 Å². The summed E-state index contributed by atoms with van der Waals surface area (Å²) in [6.07, 6.45) is -2.41. The van der Waals surface area contributed by atoms with Crippen LogP contribution in [0.3, 0.4) is 0 Å². The van der Waals surface area contributed by atoms with E-state index >= 15 is 0 Å². The second kappa shape index (κ2) is 5.18. The van der Waals surface area contributed by atoms with Gasteiger partial charge in [-0.05, 0) is 12.5 Å². The molecule has 0 spiro atoms. The first-order chi connectivity index (χ1) is 8.15. The first kappa shape index (κ1) is 11.9. The van der Waals surface area contributed by atoms with Crippen LogP contribution >= 0.6 is 11.3 Å². The molecule has 0 amide bonds. The number of rotatable bonds is 4. The van der Waals surface area contributed by atoms with E-state index in [0.717, 1.165) is 15.7 Å². The van der Waals surface area contributed by atoms with Gasteiger partial charge >= 0.3 is 0 Å². The van der Waals surface area contributed by atoms with Crippen LogP contribution in [0.4, 0.5) is 13.9 Å². The summed E-state index contributed by atoms with van der Waals surface area (Å²) in [6, 6.07) is 6.24. The molecule has 0 radical (unpaired) electrons. The van der Waals surface area contributed by atoms with Crippen LogP contribution in [-0.2, 0) is 6.54 Å². The van der Waals surface area contributed by atoms with Crippen molar-refractivity contribution in [2.45, 2.75) is 19.9 Å². The van der Waals surface area contributed by atoms with Crippen molar-refractivity contribution >= 4 is 16.5 Å². The molecule has 0 bridgehead atoms. The van der Waals surface area contributed by atoms with Crippen LogP contribution in [0.25, 0.3) is 0 Å². The van der Waals surface area contributed by atoms with Crippen molar-refractivity contribution in [1.82, 2.24) is 10.2 Å². The van der Waals surface area contributed by atoms with E-state index in [2.05, 4.69) is 15.5 Å². The average molecular weight is 255 g/mol. The molecule has 3 nitrogen and oxygen atoms in total. The van der Waals surface area contributed by atoms with Gasteiger partial charge in [-0.3, -0.25) is 0 Å². The molecule has 17 heavy (non-hydrogen) atoms. The van der Waals surface area contributed by atoms with Gasteiger partial charge in [-0.1, -0.05) is 35.6 Å². The molecule has 90 valence electrons. The normalized spacial score (nSPS) is 10.8. The maximum atomic E-state index is 12.3. The van der Waals surface area contributed by atoms with Crippen LogP contribution in [-0.4, -0.2) is 10.2 Å². The van der Waals surface area contributed by atoms with Crippen molar-refractivity contribution in [2.24, 2.45) is 0 Å². The van der Waals surface area contributed by atoms with Crippen molar-refractivity contribution in [3.63, 3.8) is 0 Å². The van der Waals surface area contributed by atoms with Crippen molar-refractivity contribution in [1.29, 1.82) is 0 Å². The Morgan fingerprint density at radius 3 is 2.47 bits per heavy atom. The summed E-state index contributed by atoms with van der Waals surface area (Å²) in [4.78, 5) is 0. The highest BCUT2D eigenvalue weighted by Crippen LogP contribution is 2.19. The first-order valence-electron chi connectivity index (χ1n) is 5.06. The molecule has 0 aliphatic carbocycles. The smallest absolute Gasteiger partial charge is 0.263 e. The maximum absolute atomic E-state index is 12.3. The zero-order valence-corrected chi connectivity index (χ0v) is 9.97. The molecule has 0 fully saturated rings. The van der Waals surface area contributed by atoms with Crippen molar-refractivity contribution in [3.8, 4) is 0 Å². The Hall–Kier alpha value is -1.56. The Kier molecular flexibility index (Phi) is 3.63. The van der Waals surface area contributed by atoms with E-state index in [-0.39, 0.29) is 5.56 Å². The number of alkyl halides is 2. The molecular formula is C11H11F2N3S. The largest absolute Gasteiger partial charge is 0.356 e. The zero-order valence-electron chi connectivity index (χ0n) is 9.15. The third kappa shape index (κ3) is 3.20. The quantitative estimate of drug-likeness (QED) is 0.910. The summed E-state index contributed by atoms with van der Waals surface area (Å²) in [5.41, 5.74) is 0.975. The Morgan fingerprint density at radius 1 is 1.24 bits per heavy atom. The third-order valence-corrected chi connectivity index (χ3v) is 3.00. The number of anilines is 1. The van der Waals surface area contributed by atoms with Crippen LogP contribution < -0.4 is 5.32 Å². The number of hydrogen-bond acceptors (Lipinski definition) is 4. The van der Waals surface area contributed by atoms with Gasteiger partial charge in [0.15, 0.2) is 0 Å². The Labute approximate surface area is 102 Å². The molecule has 0 atom stereocenters. The Morgan fingerprint density at radius 2 is 1.94 bits per heavy atom. The molecule has 0 aliphatic heterocycles. The summed E-state index contributed by atoms with van der Waals surface area (Å²) in [5.74, 6) is 0. The lowest BCUT2D eigenvalue weighted by atomic mass is 10.1. The van der Waals surface area contributed by atoms with Gasteiger partial charge in [-0.15, -0.1) is 10.2 Å². The fourth-order valence-corrected chi connectivity index (χ4v) is 1.91. The molecule has 0 saturated carbocycles. The predicted octanol–water partition coefficient (Wildman–Crippen LogP) is 3.40. The van der Waals surface area contributed by atoms with Gasteiger partial charge < -0.3 is 5.32 Å². The first-order valence-corrected chi connectivity index (χ1v) is 5.88. The zero-order chi connectivity index (χ0) is 12.3. The van der Waals surface area contributed by atoms with E-state index in [4.69, 9.17) is 0 Å². The monoisotopic (exact) mass is 255 g/mol. The maximum Gasteiger partial charge on any atom is 0.263 e. The second-order valence-corrected chi connectivity index (χ2v) is 4.70. The molecule has 1 N–H and O–H groups in total. The van der Waals surface area contributed by atoms with E-state index < -0.39 is 6.43 Å². The molecule has 0 aliphatic rings. The van der Waals surface area contributed by atoms with Crippen molar-refractivity contribution in [2.75, 3.05) is 5.32 Å². The van der Waals surface area contributed by atoms with E-state index in [0.29, 0.717) is 6.54 Å². The third-order valence-electron chi connectivity index (χ3n) is 2.20. The summed E-state index contributed by atoms with van der Waals surface area (Å²) >= 11 is 1.46. The van der Waals surface area contributed by atoms with Crippen molar-refractivity contribution < 1.29 is 8.78 Å². The van der Waals surface area contributed by atoms with Gasteiger partial charge in [0, 0.05) is 12.1 Å². The Balaban J connectivity index is 1.95. The van der Waals surface area contributed by atoms with Gasteiger partial charge in [0.05, 0.1) is 0 Å². The fraction of sp³-hybridized carbons (Fsp3) is 0.273. The van der Waals surface area contributed by atoms with E-state index in [1.54, 1.807) is 12.1 Å². The lowest BCUT2D eigenvalue weighted by Crippen LogP contribution is -1.99. The minimum atomic E-state index is -2.41. The second-order valence-electron chi connectivity index (χ2n) is 3.52. The highest BCUT2D eigenvalue weighted by atomic mass is 32.1. The van der Waals surface area contributed by atoms with Gasteiger partial charge in [-0.2, -0.15) is 0 Å². The average Bonchev–Trinajstić information content (AvgIpc) is 2.73. The number of nitrogens with zero attached hydrogens (tertiary/aromatic N) is 2. The molecule has 6 heteroatoms. The lowest BCUT2D eigenvalue weighted by molar-refractivity contribution is 0.151. The Bertz CT molecular complexity index is 482. The summed E-state index contributed by atoms with van der Waals surface area (Å²) in [5, 5.41) is 12.5. The molecular weight excluding hydrogens is 244 g/mol. The van der Waals surface area contributed by atoms with Crippen LogP contribution in [0.2, 0.25) is 0 Å². The van der Waals surface area contributed by atoms with E-state index in [9.17, 15) is 8.78 Å². The number of benzene rings is 1. The SMILES string of the molecule is Cc1nnc(NCc2ccc(C(F)F)cc2)s1. The fourth-order valence-electron chi connectivity index (χ4n) is 1.33. The van der Waals surface area contributed by atoms with E-state index in [1.807, 2.05) is 6.92 Å². The predicted molar refractivity (Wildman–Crippen MR) is 63.4 cm³/mol. The highest BCUT2D eigenvalue weighted by molar-refractivity contribution is 7.15. The molecule has 0 saturated heterocycles. The minimum Gasteiger partial charge on any atom is -0.356 e. The van der Waals surface area contributed by atoms with Gasteiger partial charge in [-0.25, -0.2) is 8.78 Å². The summed E-state index contributed by atoms with van der Waals surface area (Å²) < 4.78 is 24.6. The van der Waals surface area contributed by atoms with Crippen molar-refractivity contribution in [3.05, 3.63) is 40.4 Å². The minimum absolute atomic E-state index is 0.0421. The standard InChI is InChI=1S/C11H11F2N3S/c1-7-15-16-11(17-7)14-6-8-2-4-9(5-3-8)10(12)13/h2-5,10H,6H2,1H3,(H,14,16). The topological polar surface area (TPSA) is 37.8 Å². The lowest BCUT2D eigenvalue weighted by Gasteiger charge is -2.04. The van der Waals surface area contributed by atoms with Gasteiger partial charge in [0.1, 0.15) is 5.01 Å². The van der Waals surface area contributed by atoms with Crippen LogP contribution in [0.1, 0.15) is 22.6 Å². The molecule has 2 aromatic rings. The number of aromatic nitrogens is 2. The van der Waals surface area contributed by atoms with Crippen LogP contribution in [0.5, 0.6) is 0 Å². The number of aryl methyl sites for hydroxylation is 1. The highest BCUT2D eigenvalue weighted by Gasteiger charge is 2.06. The number of halogens is 2. The summed E-state index contributed by atoms with van der Waals surface area (Å²) in [6.45, 7) is 2.43. The molecule has 1 heterocycles. The van der Waals surface area contributed by atoms with Gasteiger partial charge in [0.2, 0.25) is 5.13 Å². The molecule has 1 aromatic heterocycles. The number of nitrogens with one attached hydrogen (secondary N) is 1. The molecule has 0 unspecified atom stereocenters. The summed E-state index contributed by atoms with van der Waals surface area (Å²) in [7, 11) is 0. The van der Waals surface area contributed by atoms with Gasteiger partial charge in [0.25, 0.3) is 6.43 Å². The molecule has 2 rings (SSSR count). The molecule has 1 aromatic carbocycles. The van der Waals surface area contributed by atoms with Crippen LogP contribution in [0.15, 0.2) is 24.3 Å².